The molecule has 1 aromatic heterocycles. The zero-order valence-electron chi connectivity index (χ0n) is 16.3. The van der Waals surface area contributed by atoms with Crippen molar-refractivity contribution in [2.24, 2.45) is 5.92 Å². The number of aliphatic hydroxyl groups excluding tert-OH is 1. The minimum atomic E-state index is -0.584. The predicted molar refractivity (Wildman–Crippen MR) is 110 cm³/mol. The molecule has 0 saturated heterocycles. The van der Waals surface area contributed by atoms with E-state index in [1.807, 2.05) is 30.3 Å². The maximum atomic E-state index is 12.7. The third-order valence-electron chi connectivity index (χ3n) is 5.82. The van der Waals surface area contributed by atoms with Gasteiger partial charge in [0.2, 0.25) is 0 Å². The van der Waals surface area contributed by atoms with Crippen LogP contribution in [-0.4, -0.2) is 42.8 Å². The van der Waals surface area contributed by atoms with Crippen molar-refractivity contribution in [2.75, 3.05) is 13.7 Å². The number of rotatable bonds is 6. The van der Waals surface area contributed by atoms with E-state index in [1.54, 1.807) is 18.4 Å². The van der Waals surface area contributed by atoms with Crippen LogP contribution in [0.1, 0.15) is 39.4 Å². The molecule has 4 atom stereocenters. The molecule has 28 heavy (non-hydrogen) atoms. The van der Waals surface area contributed by atoms with Gasteiger partial charge in [0, 0.05) is 33.8 Å². The molecule has 6 heteroatoms. The van der Waals surface area contributed by atoms with Gasteiger partial charge in [0.1, 0.15) is 23.7 Å². The second-order valence-corrected chi connectivity index (χ2v) is 9.05. The molecule has 0 amide bonds. The Morgan fingerprint density at radius 1 is 1.18 bits per heavy atom. The first-order chi connectivity index (χ1) is 13.5. The highest BCUT2D eigenvalue weighted by molar-refractivity contribution is 7.12. The summed E-state index contributed by atoms with van der Waals surface area (Å²) < 4.78 is 11.1. The molecule has 150 valence electrons. The van der Waals surface area contributed by atoms with Crippen LogP contribution in [0, 0.1) is 12.8 Å². The maximum Gasteiger partial charge on any atom is 0.168 e. The summed E-state index contributed by atoms with van der Waals surface area (Å²) in [7, 11) is 1.63. The first-order valence-corrected chi connectivity index (χ1v) is 10.7. The summed E-state index contributed by atoms with van der Waals surface area (Å²) in [6, 6.07) is 9.39. The largest absolute Gasteiger partial charge is 0.497 e. The van der Waals surface area contributed by atoms with Gasteiger partial charge in [-0.1, -0.05) is 0 Å². The number of benzene rings is 1. The number of hydrogen-bond donors (Lipinski definition) is 2. The maximum absolute atomic E-state index is 12.7. The normalized spacial score (nSPS) is 26.9. The van der Waals surface area contributed by atoms with E-state index in [-0.39, 0.29) is 23.8 Å². The summed E-state index contributed by atoms with van der Waals surface area (Å²) >= 11 is 1.74. The van der Waals surface area contributed by atoms with E-state index in [0.29, 0.717) is 6.54 Å². The molecular weight excluding hydrogens is 374 g/mol. The van der Waals surface area contributed by atoms with Crippen LogP contribution in [-0.2, 0) is 6.42 Å². The molecule has 4 rings (SSSR count). The average molecular weight is 402 g/mol. The van der Waals surface area contributed by atoms with Gasteiger partial charge in [-0.3, -0.25) is 4.79 Å². The van der Waals surface area contributed by atoms with Crippen LogP contribution in [0.4, 0.5) is 0 Å². The van der Waals surface area contributed by atoms with Crippen LogP contribution in [0.3, 0.4) is 0 Å². The fraction of sp³-hybridized carbons (Fsp3) is 0.500. The third-order valence-corrected chi connectivity index (χ3v) is 6.93. The Labute approximate surface area is 169 Å². The second kappa shape index (κ2) is 8.23. The van der Waals surface area contributed by atoms with E-state index in [1.165, 1.54) is 9.75 Å². The van der Waals surface area contributed by atoms with Gasteiger partial charge in [-0.25, -0.2) is 0 Å². The van der Waals surface area contributed by atoms with Gasteiger partial charge < -0.3 is 19.9 Å². The van der Waals surface area contributed by atoms with E-state index in [9.17, 15) is 9.90 Å². The fourth-order valence-electron chi connectivity index (χ4n) is 4.23. The summed E-state index contributed by atoms with van der Waals surface area (Å²) in [5, 5.41) is 14.1. The van der Waals surface area contributed by atoms with Crippen molar-refractivity contribution in [3.05, 3.63) is 45.6 Å². The molecule has 1 saturated carbocycles. The lowest BCUT2D eigenvalue weighted by Gasteiger charge is -2.25. The minimum absolute atomic E-state index is 0.00439. The van der Waals surface area contributed by atoms with Crippen molar-refractivity contribution < 1.29 is 19.4 Å². The highest BCUT2D eigenvalue weighted by Gasteiger charge is 2.37. The van der Waals surface area contributed by atoms with Crippen LogP contribution in [0.2, 0.25) is 0 Å². The van der Waals surface area contributed by atoms with Crippen molar-refractivity contribution in [3.63, 3.8) is 0 Å². The topological polar surface area (TPSA) is 67.8 Å². The summed E-state index contributed by atoms with van der Waals surface area (Å²) in [5.74, 6) is 1.75. The lowest BCUT2D eigenvalue weighted by Crippen LogP contribution is -2.44. The molecular formula is C22H27NO4S. The van der Waals surface area contributed by atoms with Crippen molar-refractivity contribution in [2.45, 2.75) is 50.9 Å². The quantitative estimate of drug-likeness (QED) is 0.777. The van der Waals surface area contributed by atoms with Gasteiger partial charge in [0.05, 0.1) is 7.11 Å². The highest BCUT2D eigenvalue weighted by Crippen LogP contribution is 2.32. The van der Waals surface area contributed by atoms with Gasteiger partial charge in [0.25, 0.3) is 0 Å². The molecule has 1 heterocycles. The van der Waals surface area contributed by atoms with E-state index in [2.05, 4.69) is 12.2 Å². The lowest BCUT2D eigenvalue weighted by molar-refractivity contribution is 0.0441. The number of carbonyl (C=O) groups excluding carboxylic acids is 1. The number of ketones is 1. The first kappa shape index (κ1) is 19.4. The number of carbonyl (C=O) groups is 1. The summed E-state index contributed by atoms with van der Waals surface area (Å²) in [6.45, 7) is 2.67. The molecule has 2 aliphatic carbocycles. The van der Waals surface area contributed by atoms with Gasteiger partial charge in [0.15, 0.2) is 5.78 Å². The van der Waals surface area contributed by atoms with Gasteiger partial charge in [-0.2, -0.15) is 0 Å². The molecule has 2 aliphatic rings. The molecule has 5 nitrogen and oxygen atoms in total. The molecule has 1 fully saturated rings. The Hall–Kier alpha value is -1.89. The molecule has 2 aromatic rings. The number of hydrogen-bond acceptors (Lipinski definition) is 6. The number of Topliss-reactive ketones (excluding diaryl/α,β-unsaturated/α-hetero) is 1. The van der Waals surface area contributed by atoms with Crippen molar-refractivity contribution in [1.82, 2.24) is 5.32 Å². The van der Waals surface area contributed by atoms with Crippen LogP contribution in [0.15, 0.2) is 30.3 Å². The first-order valence-electron chi connectivity index (χ1n) is 9.91. The summed E-state index contributed by atoms with van der Waals surface area (Å²) in [5.41, 5.74) is 0.910. The minimum Gasteiger partial charge on any atom is -0.497 e. The Balaban J connectivity index is 1.30. The number of methoxy groups -OCH3 is 1. The Bertz CT molecular complexity index is 832. The number of ether oxygens (including phenoxy) is 2. The molecule has 0 radical (unpaired) electrons. The molecule has 2 N–H and O–H groups in total. The number of aryl methyl sites for hydroxylation is 2. The zero-order chi connectivity index (χ0) is 19.7. The third kappa shape index (κ3) is 3.95. The summed E-state index contributed by atoms with van der Waals surface area (Å²) in [6.07, 6.45) is 2.66. The lowest BCUT2D eigenvalue weighted by atomic mass is 9.87. The van der Waals surface area contributed by atoms with Crippen LogP contribution in [0.25, 0.3) is 0 Å². The fourth-order valence-corrected chi connectivity index (χ4v) is 5.28. The van der Waals surface area contributed by atoms with Crippen LogP contribution in [0.5, 0.6) is 11.5 Å². The van der Waals surface area contributed by atoms with Gasteiger partial charge in [-0.05, 0) is 62.9 Å². The number of fused-ring (bicyclic) bond motifs is 1. The van der Waals surface area contributed by atoms with Crippen LogP contribution < -0.4 is 14.8 Å². The molecule has 1 aromatic carbocycles. The second-order valence-electron chi connectivity index (χ2n) is 7.71. The molecule has 0 bridgehead atoms. The Morgan fingerprint density at radius 2 is 1.93 bits per heavy atom. The monoisotopic (exact) mass is 401 g/mol. The SMILES string of the molecule is COc1ccc(O[C@@H]2CC[C@@H](NCC3CCc4sc(C)cc4C3=O)[C@@H]2O)cc1. The van der Waals surface area contributed by atoms with E-state index in [4.69, 9.17) is 9.47 Å². The standard InChI is InChI=1S/C22H27NO4S/c1-13-11-17-20(28-13)10-3-14(21(17)24)12-23-18-8-9-19(22(18)25)27-16-6-4-15(26-2)5-7-16/h4-7,11,14,18-19,22-23,25H,3,8-10,12H2,1-2H3/t14?,18-,19-,22+/m1/s1. The molecule has 0 spiro atoms. The molecule has 1 unspecified atom stereocenters. The molecule has 0 aliphatic heterocycles. The van der Waals surface area contributed by atoms with E-state index >= 15 is 0 Å². The van der Waals surface area contributed by atoms with Crippen molar-refractivity contribution in [1.29, 1.82) is 0 Å². The van der Waals surface area contributed by atoms with Gasteiger partial charge >= 0.3 is 0 Å². The average Bonchev–Trinajstić information content (AvgIpc) is 3.25. The van der Waals surface area contributed by atoms with Gasteiger partial charge in [-0.15, -0.1) is 11.3 Å². The smallest absolute Gasteiger partial charge is 0.168 e. The van der Waals surface area contributed by atoms with Crippen LogP contribution >= 0.6 is 11.3 Å². The number of thiophene rings is 1. The Morgan fingerprint density at radius 3 is 2.68 bits per heavy atom. The highest BCUT2D eigenvalue weighted by atomic mass is 32.1. The van der Waals surface area contributed by atoms with E-state index in [0.717, 1.165) is 42.7 Å². The number of aliphatic hydroxyl groups is 1. The summed E-state index contributed by atoms with van der Waals surface area (Å²) in [4.78, 5) is 15.2. The van der Waals surface area contributed by atoms with Crippen molar-refractivity contribution >= 4 is 17.1 Å². The van der Waals surface area contributed by atoms with E-state index < -0.39 is 6.10 Å². The predicted octanol–water partition coefficient (Wildman–Crippen LogP) is 3.37. The zero-order valence-corrected chi connectivity index (χ0v) is 17.1. The Kier molecular flexibility index (Phi) is 5.71. The van der Waals surface area contributed by atoms with Crippen molar-refractivity contribution in [3.8, 4) is 11.5 Å². The number of nitrogens with one attached hydrogen (secondary N) is 1.